The first-order chi connectivity index (χ1) is 12.7. The van der Waals surface area contributed by atoms with E-state index < -0.39 is 5.41 Å². The number of nitrogens with zero attached hydrogens (tertiary/aromatic N) is 2. The van der Waals surface area contributed by atoms with Crippen molar-refractivity contribution in [1.29, 1.82) is 0 Å². The quantitative estimate of drug-likeness (QED) is 0.765. The SMILES string of the molecule is CC(C)(C)C(=O)N1CCC(C(=O)N(Cc2c(F)cccc2Cl)C2CC2)CC1. The lowest BCUT2D eigenvalue weighted by molar-refractivity contribution is -0.145. The summed E-state index contributed by atoms with van der Waals surface area (Å²) in [5.74, 6) is -0.281. The molecule has 1 aromatic rings. The fourth-order valence-electron chi connectivity index (χ4n) is 3.67. The van der Waals surface area contributed by atoms with E-state index in [4.69, 9.17) is 11.6 Å². The van der Waals surface area contributed by atoms with E-state index in [9.17, 15) is 14.0 Å². The van der Waals surface area contributed by atoms with Crippen LogP contribution in [0.15, 0.2) is 18.2 Å². The smallest absolute Gasteiger partial charge is 0.227 e. The van der Waals surface area contributed by atoms with Gasteiger partial charge in [-0.3, -0.25) is 9.59 Å². The minimum atomic E-state index is -0.404. The van der Waals surface area contributed by atoms with Crippen molar-refractivity contribution in [3.05, 3.63) is 34.6 Å². The molecule has 1 saturated heterocycles. The third-order valence-electron chi connectivity index (χ3n) is 5.43. The second-order valence-corrected chi connectivity index (χ2v) is 9.12. The molecule has 2 aliphatic rings. The summed E-state index contributed by atoms with van der Waals surface area (Å²) in [5, 5.41) is 0.360. The summed E-state index contributed by atoms with van der Waals surface area (Å²) < 4.78 is 14.2. The second kappa shape index (κ2) is 7.78. The predicted molar refractivity (Wildman–Crippen MR) is 104 cm³/mol. The van der Waals surface area contributed by atoms with E-state index in [1.54, 1.807) is 17.0 Å². The molecule has 2 amide bonds. The van der Waals surface area contributed by atoms with Crippen LogP contribution in [0, 0.1) is 17.2 Å². The van der Waals surface area contributed by atoms with E-state index in [2.05, 4.69) is 0 Å². The van der Waals surface area contributed by atoms with Crippen LogP contribution in [0.25, 0.3) is 0 Å². The molecule has 1 aliphatic carbocycles. The molecule has 27 heavy (non-hydrogen) atoms. The minimum absolute atomic E-state index is 0.0691. The maximum absolute atomic E-state index is 14.2. The van der Waals surface area contributed by atoms with E-state index in [1.165, 1.54) is 6.07 Å². The summed E-state index contributed by atoms with van der Waals surface area (Å²) in [6.07, 6.45) is 3.24. The fraction of sp³-hybridized carbons (Fsp3) is 0.619. The zero-order chi connectivity index (χ0) is 19.8. The maximum Gasteiger partial charge on any atom is 0.227 e. The normalized spacial score (nSPS) is 18.5. The molecule has 3 rings (SSSR count). The van der Waals surface area contributed by atoms with Gasteiger partial charge in [0, 0.05) is 41.1 Å². The fourth-order valence-corrected chi connectivity index (χ4v) is 3.89. The number of piperidine rings is 1. The Balaban J connectivity index is 1.66. The third kappa shape index (κ3) is 4.63. The highest BCUT2D eigenvalue weighted by molar-refractivity contribution is 6.31. The van der Waals surface area contributed by atoms with Crippen LogP contribution in [-0.2, 0) is 16.1 Å². The number of amides is 2. The lowest BCUT2D eigenvalue weighted by atomic mass is 9.90. The number of likely N-dealkylation sites (tertiary alicyclic amines) is 1. The summed E-state index contributed by atoms with van der Waals surface area (Å²) in [7, 11) is 0. The predicted octanol–water partition coefficient (Wildman–Crippen LogP) is 4.25. The molecule has 1 aliphatic heterocycles. The monoisotopic (exact) mass is 394 g/mol. The van der Waals surface area contributed by atoms with Crippen molar-refractivity contribution in [2.45, 2.75) is 59.0 Å². The van der Waals surface area contributed by atoms with Crippen LogP contribution in [-0.4, -0.2) is 40.7 Å². The van der Waals surface area contributed by atoms with Gasteiger partial charge < -0.3 is 9.80 Å². The minimum Gasteiger partial charge on any atom is -0.342 e. The molecule has 0 bridgehead atoms. The molecule has 0 atom stereocenters. The van der Waals surface area contributed by atoms with Crippen LogP contribution in [0.1, 0.15) is 52.0 Å². The lowest BCUT2D eigenvalue weighted by Crippen LogP contribution is -2.47. The summed E-state index contributed by atoms with van der Waals surface area (Å²) in [6, 6.07) is 4.80. The van der Waals surface area contributed by atoms with Crippen LogP contribution >= 0.6 is 11.6 Å². The van der Waals surface area contributed by atoms with Gasteiger partial charge in [0.05, 0.1) is 6.54 Å². The van der Waals surface area contributed by atoms with E-state index >= 15 is 0 Å². The average Bonchev–Trinajstić information content (AvgIpc) is 3.45. The molecular formula is C21H28ClFN2O2. The lowest BCUT2D eigenvalue weighted by Gasteiger charge is -2.37. The van der Waals surface area contributed by atoms with Crippen molar-refractivity contribution in [1.82, 2.24) is 9.80 Å². The van der Waals surface area contributed by atoms with Crippen molar-refractivity contribution in [3.8, 4) is 0 Å². The molecule has 0 unspecified atom stereocenters. The Morgan fingerprint density at radius 1 is 1.19 bits per heavy atom. The van der Waals surface area contributed by atoms with Crippen LogP contribution in [0.5, 0.6) is 0 Å². The van der Waals surface area contributed by atoms with Gasteiger partial charge in [-0.05, 0) is 37.8 Å². The van der Waals surface area contributed by atoms with Crippen LogP contribution < -0.4 is 0 Å². The van der Waals surface area contributed by atoms with E-state index in [0.29, 0.717) is 36.5 Å². The summed E-state index contributed by atoms with van der Waals surface area (Å²) in [6.45, 7) is 7.17. The van der Waals surface area contributed by atoms with Crippen LogP contribution in [0.2, 0.25) is 5.02 Å². The zero-order valence-corrected chi connectivity index (χ0v) is 17.1. The van der Waals surface area contributed by atoms with Crippen molar-refractivity contribution < 1.29 is 14.0 Å². The Bertz CT molecular complexity index is 699. The molecule has 2 fully saturated rings. The largest absolute Gasteiger partial charge is 0.342 e. The first-order valence-electron chi connectivity index (χ1n) is 9.71. The summed E-state index contributed by atoms with van der Waals surface area (Å²) >= 11 is 6.16. The highest BCUT2D eigenvalue weighted by atomic mass is 35.5. The molecule has 0 spiro atoms. The molecule has 0 N–H and O–H groups in total. The van der Waals surface area contributed by atoms with Gasteiger partial charge in [0.2, 0.25) is 11.8 Å². The van der Waals surface area contributed by atoms with Gasteiger partial charge in [0.25, 0.3) is 0 Å². The molecule has 6 heteroatoms. The number of halogens is 2. The number of carbonyl (C=O) groups excluding carboxylic acids is 2. The standard InChI is InChI=1S/C21H28ClFN2O2/c1-21(2,3)20(27)24-11-9-14(10-12-24)19(26)25(15-7-8-15)13-16-17(22)5-4-6-18(16)23/h4-6,14-15H,7-13H2,1-3H3. The van der Waals surface area contributed by atoms with E-state index in [0.717, 1.165) is 12.8 Å². The highest BCUT2D eigenvalue weighted by Gasteiger charge is 2.39. The third-order valence-corrected chi connectivity index (χ3v) is 5.79. The van der Waals surface area contributed by atoms with Gasteiger partial charge in [-0.15, -0.1) is 0 Å². The average molecular weight is 395 g/mol. The molecule has 0 radical (unpaired) electrons. The van der Waals surface area contributed by atoms with Gasteiger partial charge in [-0.2, -0.15) is 0 Å². The van der Waals surface area contributed by atoms with E-state index in [-0.39, 0.29) is 36.1 Å². The molecule has 1 saturated carbocycles. The van der Waals surface area contributed by atoms with Crippen LogP contribution in [0.4, 0.5) is 4.39 Å². The Morgan fingerprint density at radius 3 is 2.33 bits per heavy atom. The number of hydrogen-bond donors (Lipinski definition) is 0. The first-order valence-corrected chi connectivity index (χ1v) is 10.1. The Labute approximate surface area is 165 Å². The number of hydrogen-bond acceptors (Lipinski definition) is 2. The molecular weight excluding hydrogens is 367 g/mol. The number of benzene rings is 1. The summed E-state index contributed by atoms with van der Waals surface area (Å²) in [4.78, 5) is 29.2. The molecule has 4 nitrogen and oxygen atoms in total. The Kier molecular flexibility index (Phi) is 5.80. The Hall–Kier alpha value is -1.62. The number of carbonyl (C=O) groups is 2. The van der Waals surface area contributed by atoms with Gasteiger partial charge in [0.1, 0.15) is 5.82 Å². The van der Waals surface area contributed by atoms with Crippen LogP contribution in [0.3, 0.4) is 0 Å². The first kappa shape index (κ1) is 20.1. The molecule has 148 valence electrons. The zero-order valence-electron chi connectivity index (χ0n) is 16.3. The van der Waals surface area contributed by atoms with Crippen molar-refractivity contribution >= 4 is 23.4 Å². The summed E-state index contributed by atoms with van der Waals surface area (Å²) in [5.41, 5.74) is -0.0156. The molecule has 0 aromatic heterocycles. The van der Waals surface area contributed by atoms with Gasteiger partial charge in [-0.1, -0.05) is 38.4 Å². The molecule has 1 aromatic carbocycles. The van der Waals surface area contributed by atoms with Crippen molar-refractivity contribution in [3.63, 3.8) is 0 Å². The number of rotatable bonds is 4. The van der Waals surface area contributed by atoms with Gasteiger partial charge >= 0.3 is 0 Å². The van der Waals surface area contributed by atoms with E-state index in [1.807, 2.05) is 25.7 Å². The highest BCUT2D eigenvalue weighted by Crippen LogP contribution is 2.34. The van der Waals surface area contributed by atoms with Crippen molar-refractivity contribution in [2.24, 2.45) is 11.3 Å². The second-order valence-electron chi connectivity index (χ2n) is 8.71. The Morgan fingerprint density at radius 2 is 1.81 bits per heavy atom. The topological polar surface area (TPSA) is 40.6 Å². The maximum atomic E-state index is 14.2. The van der Waals surface area contributed by atoms with Crippen molar-refractivity contribution in [2.75, 3.05) is 13.1 Å². The van der Waals surface area contributed by atoms with Gasteiger partial charge in [0.15, 0.2) is 0 Å². The van der Waals surface area contributed by atoms with Gasteiger partial charge in [-0.25, -0.2) is 4.39 Å². The molecule has 1 heterocycles.